The van der Waals surface area contributed by atoms with Crippen molar-refractivity contribution in [2.24, 2.45) is 0 Å². The molecule has 0 atom stereocenters. The molecule has 0 aliphatic rings. The highest BCUT2D eigenvalue weighted by atomic mass is 16.5. The summed E-state index contributed by atoms with van der Waals surface area (Å²) < 4.78 is 12.6. The van der Waals surface area contributed by atoms with Crippen LogP contribution in [0.15, 0.2) is 48.5 Å². The monoisotopic (exact) mass is 472 g/mol. The number of ketones is 1. The molecule has 0 spiro atoms. The molecule has 4 rings (SSSR count). The van der Waals surface area contributed by atoms with Crippen LogP contribution in [0.2, 0.25) is 0 Å². The van der Waals surface area contributed by atoms with Crippen LogP contribution in [-0.4, -0.2) is 40.5 Å². The van der Waals surface area contributed by atoms with Crippen molar-refractivity contribution in [1.82, 2.24) is 14.6 Å². The van der Waals surface area contributed by atoms with E-state index in [1.807, 2.05) is 38.1 Å². The molecule has 4 aromatic rings. The van der Waals surface area contributed by atoms with Gasteiger partial charge in [-0.15, -0.1) is 0 Å². The van der Waals surface area contributed by atoms with Crippen molar-refractivity contribution in [3.63, 3.8) is 0 Å². The van der Waals surface area contributed by atoms with Gasteiger partial charge < -0.3 is 14.8 Å². The molecule has 0 fully saturated rings. The van der Waals surface area contributed by atoms with Crippen molar-refractivity contribution in [2.45, 2.75) is 33.6 Å². The predicted octanol–water partition coefficient (Wildman–Crippen LogP) is 4.80. The average molecular weight is 473 g/mol. The first-order valence-electron chi connectivity index (χ1n) is 11.3. The molecule has 0 bridgehead atoms. The zero-order valence-electron chi connectivity index (χ0n) is 20.5. The van der Waals surface area contributed by atoms with Crippen molar-refractivity contribution in [1.29, 1.82) is 0 Å². The molecule has 0 saturated carbocycles. The lowest BCUT2D eigenvalue weighted by Gasteiger charge is -2.11. The largest absolute Gasteiger partial charge is 0.497 e. The Hall–Kier alpha value is -4.20. The second-order valence-electron chi connectivity index (χ2n) is 8.31. The van der Waals surface area contributed by atoms with Crippen LogP contribution in [0.1, 0.15) is 40.7 Å². The number of amides is 1. The van der Waals surface area contributed by atoms with E-state index in [4.69, 9.17) is 19.6 Å². The highest BCUT2D eigenvalue weighted by Gasteiger charge is 2.17. The Morgan fingerprint density at radius 1 is 1.00 bits per heavy atom. The second-order valence-corrected chi connectivity index (χ2v) is 8.31. The van der Waals surface area contributed by atoms with Crippen LogP contribution >= 0.6 is 0 Å². The summed E-state index contributed by atoms with van der Waals surface area (Å²) in [6.07, 6.45) is 0.822. The summed E-state index contributed by atoms with van der Waals surface area (Å²) in [5.41, 5.74) is 6.36. The molecule has 0 aliphatic heterocycles. The van der Waals surface area contributed by atoms with Gasteiger partial charge in [-0.2, -0.15) is 5.10 Å². The van der Waals surface area contributed by atoms with E-state index >= 15 is 0 Å². The number of hydrogen-bond acceptors (Lipinski definition) is 6. The van der Waals surface area contributed by atoms with Crippen LogP contribution in [0.4, 0.5) is 5.69 Å². The number of aryl methyl sites for hydroxylation is 2. The first-order chi connectivity index (χ1) is 16.8. The number of benzene rings is 2. The number of carbonyl (C=O) groups is 2. The molecule has 2 aromatic heterocycles. The number of aromatic nitrogens is 3. The number of hydrogen-bond donors (Lipinski definition) is 1. The number of anilines is 1. The number of ether oxygens (including phenoxy) is 2. The summed E-state index contributed by atoms with van der Waals surface area (Å²) >= 11 is 0. The SMILES string of the molecule is COc1ccc(-c2cc3nc(C)c(CCC(=O)Nc4ccc(C(C)=O)cc4)c(C)n3n2)c(OC)c1. The number of rotatable bonds is 8. The second kappa shape index (κ2) is 9.97. The Bertz CT molecular complexity index is 1410. The number of fused-ring (bicyclic) bond motifs is 1. The number of methoxy groups -OCH3 is 2. The molecular formula is C27H28N4O4. The van der Waals surface area contributed by atoms with Crippen molar-refractivity contribution in [3.05, 3.63) is 71.0 Å². The van der Waals surface area contributed by atoms with Gasteiger partial charge in [-0.1, -0.05) is 0 Å². The minimum Gasteiger partial charge on any atom is -0.497 e. The van der Waals surface area contributed by atoms with Crippen molar-refractivity contribution in [2.75, 3.05) is 19.5 Å². The summed E-state index contributed by atoms with van der Waals surface area (Å²) in [6, 6.07) is 14.4. The summed E-state index contributed by atoms with van der Waals surface area (Å²) in [5, 5.41) is 7.66. The lowest BCUT2D eigenvalue weighted by molar-refractivity contribution is -0.116. The topological polar surface area (TPSA) is 94.8 Å². The normalized spacial score (nSPS) is 10.9. The third-order valence-electron chi connectivity index (χ3n) is 6.03. The van der Waals surface area contributed by atoms with E-state index in [2.05, 4.69) is 5.32 Å². The summed E-state index contributed by atoms with van der Waals surface area (Å²) in [5.74, 6) is 1.25. The quantitative estimate of drug-likeness (QED) is 0.370. The smallest absolute Gasteiger partial charge is 0.224 e. The lowest BCUT2D eigenvalue weighted by atomic mass is 10.1. The molecule has 0 unspecified atom stereocenters. The van der Waals surface area contributed by atoms with Crippen molar-refractivity contribution in [3.8, 4) is 22.8 Å². The molecule has 2 aromatic carbocycles. The maximum absolute atomic E-state index is 12.6. The predicted molar refractivity (Wildman–Crippen MR) is 134 cm³/mol. The van der Waals surface area contributed by atoms with Gasteiger partial charge in [0.05, 0.1) is 19.9 Å². The molecule has 0 radical (unpaired) electrons. The first kappa shape index (κ1) is 23.9. The Labute approximate surface area is 203 Å². The molecular weight excluding hydrogens is 444 g/mol. The van der Waals surface area contributed by atoms with Gasteiger partial charge in [0.25, 0.3) is 0 Å². The van der Waals surface area contributed by atoms with Gasteiger partial charge in [0.1, 0.15) is 11.5 Å². The molecule has 35 heavy (non-hydrogen) atoms. The molecule has 8 nitrogen and oxygen atoms in total. The summed E-state index contributed by atoms with van der Waals surface area (Å²) in [7, 11) is 3.23. The van der Waals surface area contributed by atoms with Gasteiger partial charge in [-0.05, 0) is 69.2 Å². The fraction of sp³-hybridized carbons (Fsp3) is 0.259. The third kappa shape index (κ3) is 5.01. The highest BCUT2D eigenvalue weighted by molar-refractivity contribution is 5.95. The Kier molecular flexibility index (Phi) is 6.82. The van der Waals surface area contributed by atoms with E-state index in [9.17, 15) is 9.59 Å². The number of Topliss-reactive ketones (excluding diaryl/α,β-unsaturated/α-hetero) is 1. The van der Waals surface area contributed by atoms with E-state index in [1.165, 1.54) is 6.92 Å². The van der Waals surface area contributed by atoms with E-state index in [0.29, 0.717) is 35.6 Å². The molecule has 1 N–H and O–H groups in total. The number of carbonyl (C=O) groups excluding carboxylic acids is 2. The van der Waals surface area contributed by atoms with Gasteiger partial charge in [-0.25, -0.2) is 9.50 Å². The van der Waals surface area contributed by atoms with Crippen molar-refractivity contribution < 1.29 is 19.1 Å². The van der Waals surface area contributed by atoms with Gasteiger partial charge in [0, 0.05) is 46.8 Å². The summed E-state index contributed by atoms with van der Waals surface area (Å²) in [6.45, 7) is 5.44. The average Bonchev–Trinajstić information content (AvgIpc) is 3.27. The standard InChI is InChI=1S/C27H28N4O4/c1-16-22(12-13-27(33)29-20-8-6-19(7-9-20)18(3)32)17(2)31-26(28-16)15-24(30-31)23-11-10-21(34-4)14-25(23)35-5/h6-11,14-15H,12-13H2,1-5H3,(H,29,33). The van der Waals surface area contributed by atoms with Gasteiger partial charge in [-0.3, -0.25) is 9.59 Å². The van der Waals surface area contributed by atoms with Gasteiger partial charge >= 0.3 is 0 Å². The van der Waals surface area contributed by atoms with Crippen LogP contribution in [0, 0.1) is 13.8 Å². The van der Waals surface area contributed by atoms with E-state index in [-0.39, 0.29) is 11.7 Å². The molecule has 180 valence electrons. The molecule has 8 heteroatoms. The Morgan fingerprint density at radius 2 is 1.74 bits per heavy atom. The zero-order chi connectivity index (χ0) is 25.1. The highest BCUT2D eigenvalue weighted by Crippen LogP contribution is 2.33. The number of nitrogens with zero attached hydrogens (tertiary/aromatic N) is 3. The lowest BCUT2D eigenvalue weighted by Crippen LogP contribution is -2.14. The van der Waals surface area contributed by atoms with E-state index in [1.54, 1.807) is 43.0 Å². The molecule has 0 saturated heterocycles. The summed E-state index contributed by atoms with van der Waals surface area (Å²) in [4.78, 5) is 28.7. The van der Waals surface area contributed by atoms with Gasteiger partial charge in [0.15, 0.2) is 11.4 Å². The third-order valence-corrected chi connectivity index (χ3v) is 6.03. The molecule has 0 aliphatic carbocycles. The fourth-order valence-corrected chi connectivity index (χ4v) is 4.08. The Balaban J connectivity index is 1.54. The van der Waals surface area contributed by atoms with Crippen LogP contribution in [0.3, 0.4) is 0 Å². The first-order valence-corrected chi connectivity index (χ1v) is 11.3. The van der Waals surface area contributed by atoms with Crippen LogP contribution < -0.4 is 14.8 Å². The van der Waals surface area contributed by atoms with Crippen LogP contribution in [-0.2, 0) is 11.2 Å². The van der Waals surface area contributed by atoms with E-state index < -0.39 is 0 Å². The number of nitrogens with one attached hydrogen (secondary N) is 1. The minimum absolute atomic E-state index is 0.0102. The van der Waals surface area contributed by atoms with Crippen molar-refractivity contribution >= 4 is 23.0 Å². The molecule has 1 amide bonds. The van der Waals surface area contributed by atoms with E-state index in [0.717, 1.165) is 33.9 Å². The minimum atomic E-state index is -0.108. The Morgan fingerprint density at radius 3 is 2.40 bits per heavy atom. The zero-order valence-corrected chi connectivity index (χ0v) is 20.5. The van der Waals surface area contributed by atoms with Crippen LogP contribution in [0.5, 0.6) is 11.5 Å². The molecule has 2 heterocycles. The van der Waals surface area contributed by atoms with Crippen LogP contribution in [0.25, 0.3) is 16.9 Å². The van der Waals surface area contributed by atoms with Gasteiger partial charge in [0.2, 0.25) is 5.91 Å². The fourth-order valence-electron chi connectivity index (χ4n) is 4.08. The maximum atomic E-state index is 12.6. The maximum Gasteiger partial charge on any atom is 0.224 e.